The van der Waals surface area contributed by atoms with Crippen LogP contribution in [0, 0.1) is 0 Å². The first-order valence-corrected chi connectivity index (χ1v) is 3.74. The van der Waals surface area contributed by atoms with Crippen LogP contribution < -0.4 is 5.73 Å². The van der Waals surface area contributed by atoms with Crippen LogP contribution in [0.15, 0.2) is 29.8 Å². The van der Waals surface area contributed by atoms with Crippen LogP contribution in [0.1, 0.15) is 11.1 Å². The summed E-state index contributed by atoms with van der Waals surface area (Å²) in [6.45, 7) is 7.66. The molecule has 0 spiro atoms. The predicted octanol–water partition coefficient (Wildman–Crippen LogP) is 2.12. The van der Waals surface area contributed by atoms with E-state index in [2.05, 4.69) is 18.3 Å². The average Bonchev–Trinajstić information content (AvgIpc) is 2.16. The second-order valence-corrected chi connectivity index (χ2v) is 2.42. The molecule has 0 aromatic heterocycles. The van der Waals surface area contributed by atoms with Crippen molar-refractivity contribution in [3.63, 3.8) is 0 Å². The minimum absolute atomic E-state index is 0.482. The van der Waals surface area contributed by atoms with E-state index < -0.39 is 0 Å². The van der Waals surface area contributed by atoms with Crippen molar-refractivity contribution in [2.45, 2.75) is 6.54 Å². The molecule has 0 bridgehead atoms. The van der Waals surface area contributed by atoms with Gasteiger partial charge in [0.15, 0.2) is 0 Å². The van der Waals surface area contributed by atoms with Gasteiger partial charge in [0.1, 0.15) is 0 Å². The summed E-state index contributed by atoms with van der Waals surface area (Å²) in [7, 11) is 0. The van der Waals surface area contributed by atoms with Crippen LogP contribution >= 0.6 is 0 Å². The maximum absolute atomic E-state index is 5.53. The Balaban J connectivity index is 3.31. The van der Waals surface area contributed by atoms with Gasteiger partial charge in [-0.1, -0.05) is 30.9 Å². The number of nitrogens with zero attached hydrogens (tertiary/aromatic N) is 1. The number of para-hydroxylation sites is 1. The lowest BCUT2D eigenvalue weighted by Crippen LogP contribution is -1.96. The fourth-order valence-corrected chi connectivity index (χ4v) is 1.13. The van der Waals surface area contributed by atoms with Crippen molar-refractivity contribution in [3.05, 3.63) is 35.9 Å². The van der Waals surface area contributed by atoms with E-state index in [0.29, 0.717) is 6.54 Å². The Bertz CT molecular complexity index is 303. The second-order valence-electron chi connectivity index (χ2n) is 2.42. The number of benzene rings is 1. The molecular formula is C10H12N2. The topological polar surface area (TPSA) is 38.4 Å². The zero-order valence-corrected chi connectivity index (χ0v) is 6.96. The van der Waals surface area contributed by atoms with Crippen LogP contribution in [0.25, 0.3) is 6.08 Å². The number of hydrogen-bond donors (Lipinski definition) is 1. The molecule has 0 heterocycles. The van der Waals surface area contributed by atoms with Crippen molar-refractivity contribution in [1.82, 2.24) is 0 Å². The predicted molar refractivity (Wildman–Crippen MR) is 53.6 cm³/mol. The molecule has 2 nitrogen and oxygen atoms in total. The van der Waals surface area contributed by atoms with Gasteiger partial charge in [0.05, 0.1) is 5.69 Å². The fraction of sp³-hybridized carbons (Fsp3) is 0.100. The first-order valence-electron chi connectivity index (χ1n) is 3.74. The van der Waals surface area contributed by atoms with Gasteiger partial charge < -0.3 is 5.73 Å². The van der Waals surface area contributed by atoms with E-state index in [-0.39, 0.29) is 0 Å². The highest BCUT2D eigenvalue weighted by Crippen LogP contribution is 2.24. The molecule has 0 atom stereocenters. The molecule has 0 saturated heterocycles. The summed E-state index contributed by atoms with van der Waals surface area (Å²) in [5, 5.41) is 0. The summed E-state index contributed by atoms with van der Waals surface area (Å²) in [5.41, 5.74) is 8.35. The Morgan fingerprint density at radius 1 is 1.50 bits per heavy atom. The smallest absolute Gasteiger partial charge is 0.0739 e. The van der Waals surface area contributed by atoms with Gasteiger partial charge in [0.25, 0.3) is 0 Å². The van der Waals surface area contributed by atoms with Crippen LogP contribution in [-0.4, -0.2) is 6.72 Å². The van der Waals surface area contributed by atoms with Crippen molar-refractivity contribution in [2.24, 2.45) is 10.7 Å². The molecule has 2 N–H and O–H groups in total. The third kappa shape index (κ3) is 1.43. The van der Waals surface area contributed by atoms with Gasteiger partial charge in [-0.2, -0.15) is 0 Å². The zero-order chi connectivity index (χ0) is 8.97. The Labute approximate surface area is 72.4 Å². The van der Waals surface area contributed by atoms with Gasteiger partial charge in [-0.15, -0.1) is 0 Å². The lowest BCUT2D eigenvalue weighted by atomic mass is 10.1. The van der Waals surface area contributed by atoms with Crippen LogP contribution in [-0.2, 0) is 6.54 Å². The SMILES string of the molecule is C=Cc1cccc(CN)c1N=C. The van der Waals surface area contributed by atoms with E-state index in [1.165, 1.54) is 0 Å². The van der Waals surface area contributed by atoms with E-state index in [0.717, 1.165) is 16.8 Å². The highest BCUT2D eigenvalue weighted by Gasteiger charge is 2.01. The van der Waals surface area contributed by atoms with Gasteiger partial charge in [0, 0.05) is 6.54 Å². The monoisotopic (exact) mass is 160 g/mol. The van der Waals surface area contributed by atoms with Crippen molar-refractivity contribution < 1.29 is 0 Å². The molecule has 0 radical (unpaired) electrons. The van der Waals surface area contributed by atoms with E-state index in [1.807, 2.05) is 18.2 Å². The van der Waals surface area contributed by atoms with Crippen LogP contribution in [0.4, 0.5) is 5.69 Å². The molecule has 0 aliphatic rings. The van der Waals surface area contributed by atoms with Crippen molar-refractivity contribution in [1.29, 1.82) is 0 Å². The maximum atomic E-state index is 5.53. The summed E-state index contributed by atoms with van der Waals surface area (Å²) < 4.78 is 0. The highest BCUT2D eigenvalue weighted by atomic mass is 14.7. The Hall–Kier alpha value is -1.41. The van der Waals surface area contributed by atoms with Gasteiger partial charge in [-0.3, -0.25) is 4.99 Å². The third-order valence-electron chi connectivity index (χ3n) is 1.75. The van der Waals surface area contributed by atoms with Crippen molar-refractivity contribution in [3.8, 4) is 0 Å². The Morgan fingerprint density at radius 3 is 2.75 bits per heavy atom. The van der Waals surface area contributed by atoms with Crippen LogP contribution in [0.2, 0.25) is 0 Å². The molecule has 1 aromatic rings. The zero-order valence-electron chi connectivity index (χ0n) is 6.96. The van der Waals surface area contributed by atoms with E-state index in [9.17, 15) is 0 Å². The normalized spacial score (nSPS) is 9.42. The van der Waals surface area contributed by atoms with Crippen molar-refractivity contribution >= 4 is 18.5 Å². The van der Waals surface area contributed by atoms with Gasteiger partial charge >= 0.3 is 0 Å². The van der Waals surface area contributed by atoms with Crippen LogP contribution in [0.5, 0.6) is 0 Å². The number of aliphatic imine (C=N–C) groups is 1. The lowest BCUT2D eigenvalue weighted by Gasteiger charge is -2.04. The summed E-state index contributed by atoms with van der Waals surface area (Å²) in [6.07, 6.45) is 1.75. The molecule has 1 rings (SSSR count). The van der Waals surface area contributed by atoms with E-state index in [1.54, 1.807) is 6.08 Å². The minimum Gasteiger partial charge on any atom is -0.326 e. The number of nitrogens with two attached hydrogens (primary N) is 1. The molecule has 0 saturated carbocycles. The van der Waals surface area contributed by atoms with Gasteiger partial charge in [-0.25, -0.2) is 0 Å². The quantitative estimate of drug-likeness (QED) is 0.676. The summed E-state index contributed by atoms with van der Waals surface area (Å²) in [6, 6.07) is 5.82. The van der Waals surface area contributed by atoms with Gasteiger partial charge in [0.2, 0.25) is 0 Å². The molecule has 0 aliphatic heterocycles. The molecule has 0 fully saturated rings. The molecule has 0 amide bonds. The number of rotatable bonds is 3. The van der Waals surface area contributed by atoms with Crippen LogP contribution in [0.3, 0.4) is 0 Å². The van der Waals surface area contributed by atoms with Gasteiger partial charge in [-0.05, 0) is 17.8 Å². The first-order chi connectivity index (χ1) is 5.83. The maximum Gasteiger partial charge on any atom is 0.0739 e. The molecule has 12 heavy (non-hydrogen) atoms. The summed E-state index contributed by atoms with van der Waals surface area (Å²) >= 11 is 0. The molecule has 0 unspecified atom stereocenters. The Kier molecular flexibility index (Phi) is 2.77. The standard InChI is InChI=1S/C10H12N2/c1-3-8-5-4-6-9(7-11)10(8)12-2/h3-6H,1-2,7,11H2. The molecule has 2 heteroatoms. The fourth-order valence-electron chi connectivity index (χ4n) is 1.13. The highest BCUT2D eigenvalue weighted by molar-refractivity contribution is 5.68. The first kappa shape index (κ1) is 8.68. The van der Waals surface area contributed by atoms with E-state index >= 15 is 0 Å². The molecule has 1 aromatic carbocycles. The lowest BCUT2D eigenvalue weighted by molar-refractivity contribution is 1.07. The second kappa shape index (κ2) is 3.83. The minimum atomic E-state index is 0.482. The average molecular weight is 160 g/mol. The molecule has 0 aliphatic carbocycles. The summed E-state index contributed by atoms with van der Waals surface area (Å²) in [5.74, 6) is 0. The summed E-state index contributed by atoms with van der Waals surface area (Å²) in [4.78, 5) is 3.91. The molecule has 62 valence electrons. The van der Waals surface area contributed by atoms with E-state index in [4.69, 9.17) is 5.73 Å². The largest absolute Gasteiger partial charge is 0.326 e. The molecular weight excluding hydrogens is 148 g/mol. The Morgan fingerprint density at radius 2 is 2.25 bits per heavy atom. The third-order valence-corrected chi connectivity index (χ3v) is 1.75. The number of hydrogen-bond acceptors (Lipinski definition) is 2. The van der Waals surface area contributed by atoms with Crippen molar-refractivity contribution in [2.75, 3.05) is 0 Å².